The predicted octanol–water partition coefficient (Wildman–Crippen LogP) is 9.39. The topological polar surface area (TPSA) is 74.8 Å². The van der Waals surface area contributed by atoms with Gasteiger partial charge in [0.15, 0.2) is 0 Å². The molecule has 8 heteroatoms. The number of rotatable bonds is 8. The van der Waals surface area contributed by atoms with Gasteiger partial charge in [-0.1, -0.05) is 75.9 Å². The smallest absolute Gasteiger partial charge is 0.261 e. The highest BCUT2D eigenvalue weighted by molar-refractivity contribution is 6.50. The first-order valence-electron chi connectivity index (χ1n) is 15.5. The number of fused-ring (bicyclic) bond motifs is 2. The molecule has 0 bridgehead atoms. The number of halogens is 2. The highest BCUT2D eigenvalue weighted by Gasteiger charge is 2.40. The van der Waals surface area contributed by atoms with E-state index in [9.17, 15) is 19.2 Å². The minimum Gasteiger partial charge on any atom is -0.271 e. The first-order valence-corrected chi connectivity index (χ1v) is 16.3. The van der Waals surface area contributed by atoms with E-state index in [1.807, 2.05) is 39.8 Å². The average molecular weight is 628 g/mol. The molecule has 0 aliphatic carbocycles. The Morgan fingerprint density at radius 3 is 1.23 bits per heavy atom. The summed E-state index contributed by atoms with van der Waals surface area (Å²) in [5.41, 5.74) is 1.71. The van der Waals surface area contributed by atoms with E-state index in [1.165, 1.54) is 9.80 Å². The maximum atomic E-state index is 14.0. The van der Waals surface area contributed by atoms with Crippen LogP contribution in [0.3, 0.4) is 0 Å². The SMILES string of the molecule is CCCC(CC)N1C(=O)c2ccc3c4c(Cl)cc5c6c(ccc(c7c(Cl)cc(c2c37)C1=O)c64)C(=O)N(C(CC)CCC)C5=O. The van der Waals surface area contributed by atoms with E-state index in [0.717, 1.165) is 36.5 Å². The third-order valence-electron chi connectivity index (χ3n) is 9.72. The van der Waals surface area contributed by atoms with Gasteiger partial charge in [0.2, 0.25) is 0 Å². The van der Waals surface area contributed by atoms with E-state index in [2.05, 4.69) is 0 Å². The van der Waals surface area contributed by atoms with Gasteiger partial charge in [-0.05, 0) is 60.7 Å². The summed E-state index contributed by atoms with van der Waals surface area (Å²) in [4.78, 5) is 58.6. The number of amides is 4. The first kappa shape index (κ1) is 29.0. The lowest BCUT2D eigenvalue weighted by Crippen LogP contribution is -2.47. The van der Waals surface area contributed by atoms with Gasteiger partial charge in [-0.3, -0.25) is 29.0 Å². The zero-order chi connectivity index (χ0) is 31.2. The number of carbonyl (C=O) groups is 4. The minimum absolute atomic E-state index is 0.209. The second kappa shape index (κ2) is 10.4. The molecule has 6 nitrogen and oxygen atoms in total. The lowest BCUT2D eigenvalue weighted by Gasteiger charge is -2.35. The van der Waals surface area contributed by atoms with Gasteiger partial charge in [0.1, 0.15) is 0 Å². The van der Waals surface area contributed by atoms with Gasteiger partial charge in [0, 0.05) is 65.6 Å². The van der Waals surface area contributed by atoms with E-state index in [4.69, 9.17) is 23.2 Å². The Bertz CT molecular complexity index is 1950. The lowest BCUT2D eigenvalue weighted by atomic mass is 9.81. The number of carbonyl (C=O) groups excluding carboxylic acids is 4. The summed E-state index contributed by atoms with van der Waals surface area (Å²) in [6.07, 6.45) is 4.46. The Labute approximate surface area is 265 Å². The Morgan fingerprint density at radius 2 is 0.886 bits per heavy atom. The van der Waals surface area contributed by atoms with Crippen LogP contribution < -0.4 is 0 Å². The zero-order valence-electron chi connectivity index (χ0n) is 25.1. The van der Waals surface area contributed by atoms with Gasteiger partial charge in [-0.15, -0.1) is 0 Å². The Hall–Kier alpha value is -3.74. The van der Waals surface area contributed by atoms with Gasteiger partial charge in [-0.25, -0.2) is 0 Å². The summed E-state index contributed by atoms with van der Waals surface area (Å²) < 4.78 is 0. The van der Waals surface area contributed by atoms with Gasteiger partial charge < -0.3 is 0 Å². The van der Waals surface area contributed by atoms with E-state index in [0.29, 0.717) is 77.5 Å². The lowest BCUT2D eigenvalue weighted by molar-refractivity contribution is 0.0510. The van der Waals surface area contributed by atoms with Crippen molar-refractivity contribution in [3.8, 4) is 0 Å². The molecule has 2 atom stereocenters. The molecule has 0 spiro atoms. The summed E-state index contributed by atoms with van der Waals surface area (Å²) in [5, 5.41) is 6.03. The highest BCUT2D eigenvalue weighted by Crippen LogP contribution is 2.50. The highest BCUT2D eigenvalue weighted by atomic mass is 35.5. The van der Waals surface area contributed by atoms with E-state index in [1.54, 1.807) is 24.3 Å². The zero-order valence-corrected chi connectivity index (χ0v) is 26.7. The van der Waals surface area contributed by atoms with Crippen LogP contribution in [0.2, 0.25) is 10.0 Å². The molecule has 0 saturated heterocycles. The third-order valence-corrected chi connectivity index (χ3v) is 10.3. The van der Waals surface area contributed by atoms with Crippen molar-refractivity contribution in [3.05, 3.63) is 68.7 Å². The molecular weight excluding hydrogens is 595 g/mol. The molecular formula is C36H32Cl2N2O4. The number of hydrogen-bond acceptors (Lipinski definition) is 4. The fourth-order valence-corrected chi connectivity index (χ4v) is 8.38. The van der Waals surface area contributed by atoms with E-state index < -0.39 is 0 Å². The van der Waals surface area contributed by atoms with Crippen molar-refractivity contribution in [3.63, 3.8) is 0 Å². The van der Waals surface area contributed by atoms with Crippen LogP contribution in [-0.4, -0.2) is 45.5 Å². The van der Waals surface area contributed by atoms with Gasteiger partial charge in [0.05, 0.1) is 11.1 Å². The van der Waals surface area contributed by atoms with Crippen LogP contribution in [-0.2, 0) is 0 Å². The summed E-state index contributed by atoms with van der Waals surface area (Å²) >= 11 is 14.1. The van der Waals surface area contributed by atoms with Crippen LogP contribution in [0.25, 0.3) is 43.1 Å². The standard InChI is InChI=1S/C36H32Cl2N2O4/c1-5-9-17(7-3)39-33(41)21-13-11-19-30-26(38)16-24-28-22(34(42)40(36(24)44)18(8-4)10-6-2)14-12-20(32(28)30)29-25(37)15-23(35(39)43)27(21)31(19)29/h11-18H,5-10H2,1-4H3. The quantitative estimate of drug-likeness (QED) is 0.0976. The first-order chi connectivity index (χ1) is 21.2. The molecule has 2 heterocycles. The fraction of sp³-hybridized carbons (Fsp3) is 0.333. The van der Waals surface area contributed by atoms with Crippen LogP contribution in [0.15, 0.2) is 36.4 Å². The van der Waals surface area contributed by atoms with Gasteiger partial charge >= 0.3 is 0 Å². The maximum absolute atomic E-state index is 14.0. The molecule has 0 fully saturated rings. The number of hydrogen-bond donors (Lipinski definition) is 0. The van der Waals surface area contributed by atoms with Gasteiger partial charge in [0.25, 0.3) is 23.6 Å². The molecule has 0 saturated carbocycles. The predicted molar refractivity (Wildman–Crippen MR) is 177 cm³/mol. The van der Waals surface area contributed by atoms with E-state index in [-0.39, 0.29) is 35.7 Å². The van der Waals surface area contributed by atoms with Crippen molar-refractivity contribution < 1.29 is 19.2 Å². The van der Waals surface area contributed by atoms with Crippen molar-refractivity contribution in [1.29, 1.82) is 0 Å². The summed E-state index contributed by atoms with van der Waals surface area (Å²) in [7, 11) is 0. The van der Waals surface area contributed by atoms with Crippen molar-refractivity contribution >= 4 is 89.9 Å². The Morgan fingerprint density at radius 1 is 0.523 bits per heavy atom. The van der Waals surface area contributed by atoms with Crippen LogP contribution in [0.1, 0.15) is 108 Å². The molecule has 5 aromatic rings. The summed E-state index contributed by atoms with van der Waals surface area (Å²) in [6.45, 7) is 8.06. The largest absolute Gasteiger partial charge is 0.271 e. The maximum Gasteiger partial charge on any atom is 0.261 e. The van der Waals surface area contributed by atoms with Gasteiger partial charge in [-0.2, -0.15) is 0 Å². The Kier molecular flexibility index (Phi) is 6.87. The van der Waals surface area contributed by atoms with Crippen LogP contribution in [0.5, 0.6) is 0 Å². The minimum atomic E-state index is -0.343. The molecule has 4 amide bonds. The summed E-state index contributed by atoms with van der Waals surface area (Å²) in [6, 6.07) is 10.2. The molecule has 0 radical (unpaired) electrons. The van der Waals surface area contributed by atoms with Crippen LogP contribution in [0, 0.1) is 0 Å². The number of nitrogens with zero attached hydrogens (tertiary/aromatic N) is 2. The van der Waals surface area contributed by atoms with Crippen LogP contribution >= 0.6 is 23.2 Å². The second-order valence-electron chi connectivity index (χ2n) is 12.0. The van der Waals surface area contributed by atoms with Crippen molar-refractivity contribution in [2.24, 2.45) is 0 Å². The van der Waals surface area contributed by atoms with E-state index >= 15 is 0 Å². The molecule has 5 aromatic carbocycles. The summed E-state index contributed by atoms with van der Waals surface area (Å²) in [5.74, 6) is -1.30. The molecule has 2 unspecified atom stereocenters. The van der Waals surface area contributed by atoms with Crippen molar-refractivity contribution in [2.75, 3.05) is 0 Å². The molecule has 224 valence electrons. The molecule has 7 rings (SSSR count). The van der Waals surface area contributed by atoms with Crippen molar-refractivity contribution in [1.82, 2.24) is 9.80 Å². The van der Waals surface area contributed by atoms with Crippen molar-refractivity contribution in [2.45, 2.75) is 78.3 Å². The molecule has 44 heavy (non-hydrogen) atoms. The number of imide groups is 2. The second-order valence-corrected chi connectivity index (χ2v) is 12.9. The molecule has 0 N–H and O–H groups in total. The number of benzene rings is 5. The Balaban J connectivity index is 1.58. The third kappa shape index (κ3) is 3.67. The fourth-order valence-electron chi connectivity index (χ4n) is 7.77. The molecule has 0 aromatic heterocycles. The average Bonchev–Trinajstić information content (AvgIpc) is 3.01. The molecule has 2 aliphatic rings. The normalized spacial score (nSPS) is 16.4. The van der Waals surface area contributed by atoms with Crippen LogP contribution in [0.4, 0.5) is 0 Å². The molecule has 2 aliphatic heterocycles. The monoisotopic (exact) mass is 626 g/mol.